The molecule has 1 amide bonds. The highest BCUT2D eigenvalue weighted by atomic mass is 16.6. The maximum absolute atomic E-state index is 11.9. The molecule has 0 N–H and O–H groups in total. The molecule has 1 aliphatic heterocycles. The number of nitrogens with zero attached hydrogens (tertiary/aromatic N) is 4. The van der Waals surface area contributed by atoms with Crippen molar-refractivity contribution in [1.29, 1.82) is 0 Å². The van der Waals surface area contributed by atoms with Gasteiger partial charge in [-0.2, -0.15) is 5.01 Å². The molecule has 0 saturated carbocycles. The van der Waals surface area contributed by atoms with Gasteiger partial charge in [-0.1, -0.05) is 29.8 Å². The van der Waals surface area contributed by atoms with Crippen molar-refractivity contribution in [1.82, 2.24) is 5.01 Å². The summed E-state index contributed by atoms with van der Waals surface area (Å²) >= 11 is 0. The Hall–Kier alpha value is -3.82. The number of benzene rings is 2. The number of carbonyl (C=O) groups excluding carboxylic acids is 1. The van der Waals surface area contributed by atoms with E-state index >= 15 is 0 Å². The average molecular weight is 370 g/mol. The van der Waals surface area contributed by atoms with E-state index in [0.717, 1.165) is 28.8 Å². The van der Waals surface area contributed by atoms with Crippen molar-refractivity contribution in [3.05, 3.63) is 79.4 Å². The van der Waals surface area contributed by atoms with Crippen LogP contribution < -0.4 is 0 Å². The molecule has 2 aromatic rings. The van der Waals surface area contributed by atoms with Crippen molar-refractivity contribution in [2.75, 3.05) is 0 Å². The first-order chi connectivity index (χ1) is 12.8. The molecule has 10 heteroatoms. The summed E-state index contributed by atoms with van der Waals surface area (Å²) in [6.45, 7) is 3.21. The Labute approximate surface area is 153 Å². The summed E-state index contributed by atoms with van der Waals surface area (Å²) in [6, 6.07) is 10.3. The highest BCUT2D eigenvalue weighted by Gasteiger charge is 2.34. The number of nitro benzene ring substituents is 2. The Morgan fingerprint density at radius 2 is 1.63 bits per heavy atom. The lowest BCUT2D eigenvalue weighted by molar-refractivity contribution is -0.394. The van der Waals surface area contributed by atoms with Gasteiger partial charge >= 0.3 is 0 Å². The monoisotopic (exact) mass is 370 g/mol. The summed E-state index contributed by atoms with van der Waals surface area (Å²) in [4.78, 5) is 32.6. The van der Waals surface area contributed by atoms with Crippen LogP contribution in [0.2, 0.25) is 0 Å². The van der Waals surface area contributed by atoms with E-state index in [-0.39, 0.29) is 11.5 Å². The first-order valence-corrected chi connectivity index (χ1v) is 7.82. The van der Waals surface area contributed by atoms with Gasteiger partial charge in [0.1, 0.15) is 0 Å². The molecule has 0 fully saturated rings. The number of non-ortho nitro benzene ring substituents is 2. The van der Waals surface area contributed by atoms with E-state index in [1.165, 1.54) is 6.92 Å². The number of aryl methyl sites for hydroxylation is 1. The topological polar surface area (TPSA) is 128 Å². The van der Waals surface area contributed by atoms with Crippen molar-refractivity contribution in [3.63, 3.8) is 0 Å². The van der Waals surface area contributed by atoms with Gasteiger partial charge in [-0.15, -0.1) is 5.10 Å². The fourth-order valence-electron chi connectivity index (χ4n) is 2.56. The maximum Gasteiger partial charge on any atom is 0.277 e. The highest BCUT2D eigenvalue weighted by Crippen LogP contribution is 2.32. The van der Waals surface area contributed by atoms with E-state index in [1.54, 1.807) is 12.1 Å². The maximum atomic E-state index is 11.9. The molecule has 1 aliphatic rings. The van der Waals surface area contributed by atoms with Crippen molar-refractivity contribution in [2.24, 2.45) is 5.10 Å². The van der Waals surface area contributed by atoms with Crippen LogP contribution in [-0.2, 0) is 9.53 Å². The molecular weight excluding hydrogens is 356 g/mol. The Kier molecular flexibility index (Phi) is 4.55. The van der Waals surface area contributed by atoms with E-state index < -0.39 is 33.4 Å². The predicted molar refractivity (Wildman–Crippen MR) is 93.8 cm³/mol. The normalized spacial score (nSPS) is 15.9. The zero-order chi connectivity index (χ0) is 19.7. The first kappa shape index (κ1) is 18.0. The SMILES string of the molecule is CC(=O)N1N=C(c2cc([N+](=O)[O-])cc([N+](=O)[O-])c2)O[C@@H]1c1ccc(C)cc1. The van der Waals surface area contributed by atoms with Crippen LogP contribution in [0.25, 0.3) is 0 Å². The summed E-state index contributed by atoms with van der Waals surface area (Å²) in [5, 5.41) is 27.3. The zero-order valence-electron chi connectivity index (χ0n) is 14.4. The molecule has 27 heavy (non-hydrogen) atoms. The number of hydrogen-bond acceptors (Lipinski definition) is 7. The third kappa shape index (κ3) is 3.59. The molecule has 3 rings (SSSR count). The van der Waals surface area contributed by atoms with Gasteiger partial charge in [-0.3, -0.25) is 25.0 Å². The molecule has 0 unspecified atom stereocenters. The number of hydrogen-bond donors (Lipinski definition) is 0. The van der Waals surface area contributed by atoms with Crippen molar-refractivity contribution < 1.29 is 19.4 Å². The lowest BCUT2D eigenvalue weighted by Gasteiger charge is -2.19. The van der Waals surface area contributed by atoms with Crippen LogP contribution in [0.4, 0.5) is 11.4 Å². The Balaban J connectivity index is 2.03. The second kappa shape index (κ2) is 6.83. The van der Waals surface area contributed by atoms with Crippen LogP contribution in [0.15, 0.2) is 47.6 Å². The summed E-state index contributed by atoms with van der Waals surface area (Å²) in [5.41, 5.74) is 0.755. The van der Waals surface area contributed by atoms with Gasteiger partial charge in [0.05, 0.1) is 21.5 Å². The van der Waals surface area contributed by atoms with Gasteiger partial charge in [-0.05, 0) is 6.92 Å². The Bertz CT molecular complexity index is 938. The number of amides is 1. The van der Waals surface area contributed by atoms with Crippen molar-refractivity contribution in [3.8, 4) is 0 Å². The van der Waals surface area contributed by atoms with Gasteiger partial charge in [0, 0.05) is 24.6 Å². The van der Waals surface area contributed by atoms with Crippen LogP contribution in [0.5, 0.6) is 0 Å². The number of hydrazone groups is 1. The third-order valence-electron chi connectivity index (χ3n) is 3.90. The third-order valence-corrected chi connectivity index (χ3v) is 3.90. The molecule has 2 aromatic carbocycles. The molecule has 138 valence electrons. The quantitative estimate of drug-likeness (QED) is 0.601. The van der Waals surface area contributed by atoms with Gasteiger partial charge in [0.2, 0.25) is 18.0 Å². The Morgan fingerprint density at radius 1 is 1.07 bits per heavy atom. The first-order valence-electron chi connectivity index (χ1n) is 7.82. The van der Waals surface area contributed by atoms with E-state index in [4.69, 9.17) is 4.74 Å². The van der Waals surface area contributed by atoms with E-state index in [9.17, 15) is 25.0 Å². The lowest BCUT2D eigenvalue weighted by atomic mass is 10.1. The average Bonchev–Trinajstić information content (AvgIpc) is 3.07. The van der Waals surface area contributed by atoms with Crippen molar-refractivity contribution >= 4 is 23.2 Å². The van der Waals surface area contributed by atoms with Gasteiger partial charge < -0.3 is 4.74 Å². The fraction of sp³-hybridized carbons (Fsp3) is 0.176. The summed E-state index contributed by atoms with van der Waals surface area (Å²) < 4.78 is 5.73. The van der Waals surface area contributed by atoms with Gasteiger partial charge in [0.25, 0.3) is 11.4 Å². The number of ether oxygens (including phenoxy) is 1. The molecule has 0 saturated heterocycles. The van der Waals surface area contributed by atoms with Crippen LogP contribution >= 0.6 is 0 Å². The molecule has 0 aromatic heterocycles. The number of carbonyl (C=O) groups is 1. The standard InChI is InChI=1S/C17H14N4O6/c1-10-3-5-12(6-4-10)17-19(11(2)22)18-16(27-17)13-7-14(20(23)24)9-15(8-13)21(25)26/h3-9,17H,1-2H3/t17-/m1/s1. The zero-order valence-corrected chi connectivity index (χ0v) is 14.4. The molecule has 0 radical (unpaired) electrons. The van der Waals surface area contributed by atoms with Gasteiger partial charge in [0.15, 0.2) is 0 Å². The molecule has 10 nitrogen and oxygen atoms in total. The van der Waals surface area contributed by atoms with Crippen LogP contribution in [0.1, 0.15) is 29.8 Å². The molecule has 1 heterocycles. The largest absolute Gasteiger partial charge is 0.446 e. The molecule has 0 bridgehead atoms. The molecular formula is C17H14N4O6. The molecule has 0 aliphatic carbocycles. The van der Waals surface area contributed by atoms with E-state index in [0.29, 0.717) is 5.56 Å². The van der Waals surface area contributed by atoms with E-state index in [1.807, 2.05) is 19.1 Å². The minimum absolute atomic E-state index is 0.0387. The predicted octanol–water partition coefficient (Wildman–Crippen LogP) is 3.05. The highest BCUT2D eigenvalue weighted by molar-refractivity contribution is 5.97. The second-order valence-electron chi connectivity index (χ2n) is 5.90. The molecule has 0 spiro atoms. The lowest BCUT2D eigenvalue weighted by Crippen LogP contribution is -2.25. The number of rotatable bonds is 4. The van der Waals surface area contributed by atoms with Crippen LogP contribution in [0, 0.1) is 27.2 Å². The second-order valence-corrected chi connectivity index (χ2v) is 5.90. The summed E-state index contributed by atoms with van der Waals surface area (Å²) in [5.74, 6) is -0.516. The van der Waals surface area contributed by atoms with Crippen LogP contribution in [0.3, 0.4) is 0 Å². The smallest absolute Gasteiger partial charge is 0.277 e. The van der Waals surface area contributed by atoms with Crippen LogP contribution in [-0.4, -0.2) is 26.7 Å². The minimum atomic E-state index is -0.864. The fourth-order valence-corrected chi connectivity index (χ4v) is 2.56. The van der Waals surface area contributed by atoms with Crippen molar-refractivity contribution in [2.45, 2.75) is 20.1 Å². The Morgan fingerprint density at radius 3 is 2.11 bits per heavy atom. The van der Waals surface area contributed by atoms with E-state index in [2.05, 4.69) is 5.10 Å². The van der Waals surface area contributed by atoms with Gasteiger partial charge in [-0.25, -0.2) is 0 Å². The minimum Gasteiger partial charge on any atom is -0.446 e. The number of nitro groups is 2. The summed E-state index contributed by atoms with van der Waals surface area (Å²) in [6.07, 6.45) is -0.864. The summed E-state index contributed by atoms with van der Waals surface area (Å²) in [7, 11) is 0. The molecule has 1 atom stereocenters.